The lowest BCUT2D eigenvalue weighted by Crippen LogP contribution is -1.97. The molecule has 0 saturated carbocycles. The van der Waals surface area contributed by atoms with Gasteiger partial charge < -0.3 is 4.57 Å². The van der Waals surface area contributed by atoms with Crippen molar-refractivity contribution in [3.8, 4) is 22.5 Å². The molecule has 3 aromatic rings. The lowest BCUT2D eigenvalue weighted by molar-refractivity contribution is 0.726. The van der Waals surface area contributed by atoms with Crippen molar-refractivity contribution in [3.05, 3.63) is 54.9 Å². The molecular formula is C16H13N3S. The van der Waals surface area contributed by atoms with Gasteiger partial charge in [0, 0.05) is 35.8 Å². The summed E-state index contributed by atoms with van der Waals surface area (Å²) in [7, 11) is 0. The smallest absolute Gasteiger partial charge is 0.169 e. The Morgan fingerprint density at radius 1 is 1.00 bits per heavy atom. The summed E-state index contributed by atoms with van der Waals surface area (Å²) in [6.07, 6.45) is 3.68. The van der Waals surface area contributed by atoms with Crippen LogP contribution in [0, 0.1) is 0 Å². The molecule has 0 bridgehead atoms. The van der Waals surface area contributed by atoms with Crippen molar-refractivity contribution < 1.29 is 0 Å². The van der Waals surface area contributed by atoms with Crippen LogP contribution in [0.3, 0.4) is 0 Å². The fraction of sp³-hybridized carbons (Fsp3) is 0.125. The molecule has 0 radical (unpaired) electrons. The molecule has 20 heavy (non-hydrogen) atoms. The van der Waals surface area contributed by atoms with Crippen molar-refractivity contribution >= 4 is 11.8 Å². The van der Waals surface area contributed by atoms with Crippen LogP contribution in [0.2, 0.25) is 0 Å². The quantitative estimate of drug-likeness (QED) is 0.716. The average Bonchev–Trinajstić information content (AvgIpc) is 3.09. The first-order valence-corrected chi connectivity index (χ1v) is 7.61. The van der Waals surface area contributed by atoms with Gasteiger partial charge in [0.2, 0.25) is 0 Å². The molecule has 0 spiro atoms. The van der Waals surface area contributed by atoms with E-state index >= 15 is 0 Å². The van der Waals surface area contributed by atoms with E-state index in [0.717, 1.165) is 28.7 Å². The van der Waals surface area contributed by atoms with Gasteiger partial charge in [-0.2, -0.15) is 0 Å². The molecule has 0 fully saturated rings. The standard InChI is InChI=1S/C16H13N3S/c1-2-5-12(6-3-1)15-14(13-7-4-8-17-11-13)18-16-19(15)9-10-20-16/h1-8,11H,9-10H2. The minimum Gasteiger partial charge on any atom is -0.318 e. The predicted octanol–water partition coefficient (Wildman–Crippen LogP) is 3.72. The van der Waals surface area contributed by atoms with Gasteiger partial charge in [0.05, 0.1) is 11.4 Å². The third-order valence-electron chi connectivity index (χ3n) is 3.46. The normalized spacial score (nSPS) is 13.4. The average molecular weight is 279 g/mol. The summed E-state index contributed by atoms with van der Waals surface area (Å²) in [5.41, 5.74) is 4.53. The van der Waals surface area contributed by atoms with E-state index in [1.165, 1.54) is 11.3 Å². The molecule has 2 aromatic heterocycles. The minimum atomic E-state index is 1.03. The number of thioether (sulfide) groups is 1. The summed E-state index contributed by atoms with van der Waals surface area (Å²) in [5, 5.41) is 1.11. The van der Waals surface area contributed by atoms with E-state index in [0.29, 0.717) is 0 Å². The van der Waals surface area contributed by atoms with Gasteiger partial charge in [0.25, 0.3) is 0 Å². The molecule has 0 aliphatic carbocycles. The fourth-order valence-electron chi connectivity index (χ4n) is 2.57. The SMILES string of the molecule is c1ccc(-c2c(-c3cccnc3)nc3n2CCS3)cc1. The van der Waals surface area contributed by atoms with Crippen molar-refractivity contribution in [2.45, 2.75) is 11.7 Å². The summed E-state index contributed by atoms with van der Waals surface area (Å²) in [6, 6.07) is 14.5. The van der Waals surface area contributed by atoms with Crippen LogP contribution in [0.15, 0.2) is 60.0 Å². The van der Waals surface area contributed by atoms with Gasteiger partial charge in [-0.05, 0) is 12.1 Å². The first-order valence-electron chi connectivity index (χ1n) is 6.62. The Morgan fingerprint density at radius 3 is 2.65 bits per heavy atom. The van der Waals surface area contributed by atoms with Crippen LogP contribution in [-0.4, -0.2) is 20.3 Å². The number of nitrogens with zero attached hydrogens (tertiary/aromatic N) is 3. The maximum atomic E-state index is 4.82. The molecule has 3 heterocycles. The van der Waals surface area contributed by atoms with Gasteiger partial charge in [-0.15, -0.1) is 0 Å². The van der Waals surface area contributed by atoms with Crippen LogP contribution >= 0.6 is 11.8 Å². The Kier molecular flexibility index (Phi) is 2.81. The van der Waals surface area contributed by atoms with E-state index in [2.05, 4.69) is 39.9 Å². The molecule has 1 aliphatic rings. The van der Waals surface area contributed by atoms with E-state index in [-0.39, 0.29) is 0 Å². The summed E-state index contributed by atoms with van der Waals surface area (Å²) in [6.45, 7) is 1.03. The first kappa shape index (κ1) is 11.7. The summed E-state index contributed by atoms with van der Waals surface area (Å²) in [4.78, 5) is 9.05. The fourth-order valence-corrected chi connectivity index (χ4v) is 3.52. The second kappa shape index (κ2) is 4.80. The molecule has 0 atom stereocenters. The van der Waals surface area contributed by atoms with E-state index in [9.17, 15) is 0 Å². The number of fused-ring (bicyclic) bond motifs is 1. The van der Waals surface area contributed by atoms with Gasteiger partial charge in [-0.1, -0.05) is 42.1 Å². The molecule has 98 valence electrons. The first-order chi connectivity index (χ1) is 9.93. The molecule has 1 aromatic carbocycles. The summed E-state index contributed by atoms with van der Waals surface area (Å²) >= 11 is 1.82. The molecule has 4 rings (SSSR count). The molecule has 4 heteroatoms. The van der Waals surface area contributed by atoms with E-state index < -0.39 is 0 Å². The molecular weight excluding hydrogens is 266 g/mol. The number of aromatic nitrogens is 3. The van der Waals surface area contributed by atoms with Crippen LogP contribution in [0.1, 0.15) is 0 Å². The van der Waals surface area contributed by atoms with Crippen LogP contribution in [0.25, 0.3) is 22.5 Å². The second-order valence-corrected chi connectivity index (χ2v) is 5.76. The highest BCUT2D eigenvalue weighted by Gasteiger charge is 2.23. The van der Waals surface area contributed by atoms with Crippen molar-refractivity contribution in [3.63, 3.8) is 0 Å². The van der Waals surface area contributed by atoms with Gasteiger partial charge in [-0.25, -0.2) is 4.98 Å². The van der Waals surface area contributed by atoms with Gasteiger partial charge in [0.15, 0.2) is 5.16 Å². The van der Waals surface area contributed by atoms with Crippen LogP contribution in [0.5, 0.6) is 0 Å². The van der Waals surface area contributed by atoms with Gasteiger partial charge in [-0.3, -0.25) is 4.98 Å². The Labute approximate surface area is 121 Å². The van der Waals surface area contributed by atoms with E-state index in [1.807, 2.05) is 30.1 Å². The zero-order chi connectivity index (χ0) is 13.4. The van der Waals surface area contributed by atoms with Crippen molar-refractivity contribution in [1.29, 1.82) is 0 Å². The molecule has 0 unspecified atom stereocenters. The lowest BCUT2D eigenvalue weighted by Gasteiger charge is -2.07. The lowest BCUT2D eigenvalue weighted by atomic mass is 10.1. The highest BCUT2D eigenvalue weighted by molar-refractivity contribution is 7.99. The monoisotopic (exact) mass is 279 g/mol. The zero-order valence-electron chi connectivity index (χ0n) is 10.9. The summed E-state index contributed by atoms with van der Waals surface area (Å²) < 4.78 is 2.32. The third kappa shape index (κ3) is 1.84. The third-order valence-corrected chi connectivity index (χ3v) is 4.42. The minimum absolute atomic E-state index is 1.03. The number of pyridine rings is 1. The number of hydrogen-bond donors (Lipinski definition) is 0. The topological polar surface area (TPSA) is 30.7 Å². The highest BCUT2D eigenvalue weighted by Crippen LogP contribution is 2.38. The predicted molar refractivity (Wildman–Crippen MR) is 81.6 cm³/mol. The number of hydrogen-bond acceptors (Lipinski definition) is 3. The molecule has 1 aliphatic heterocycles. The number of rotatable bonds is 2. The zero-order valence-corrected chi connectivity index (χ0v) is 11.7. The Morgan fingerprint density at radius 2 is 1.85 bits per heavy atom. The van der Waals surface area contributed by atoms with E-state index in [1.54, 1.807) is 6.20 Å². The summed E-state index contributed by atoms with van der Waals surface area (Å²) in [5.74, 6) is 1.11. The second-order valence-electron chi connectivity index (χ2n) is 4.70. The number of benzene rings is 1. The van der Waals surface area contributed by atoms with Crippen LogP contribution in [0.4, 0.5) is 0 Å². The van der Waals surface area contributed by atoms with Crippen molar-refractivity contribution in [2.75, 3.05) is 5.75 Å². The maximum Gasteiger partial charge on any atom is 0.169 e. The maximum absolute atomic E-state index is 4.82. The molecule has 0 amide bonds. The van der Waals surface area contributed by atoms with Crippen molar-refractivity contribution in [2.24, 2.45) is 0 Å². The number of imidazole rings is 1. The molecule has 0 saturated heterocycles. The van der Waals surface area contributed by atoms with Gasteiger partial charge in [0.1, 0.15) is 0 Å². The Balaban J connectivity index is 1.97. The Bertz CT molecular complexity index is 735. The van der Waals surface area contributed by atoms with Crippen LogP contribution < -0.4 is 0 Å². The van der Waals surface area contributed by atoms with E-state index in [4.69, 9.17) is 4.98 Å². The highest BCUT2D eigenvalue weighted by atomic mass is 32.2. The Hall–Kier alpha value is -2.07. The molecule has 3 nitrogen and oxygen atoms in total. The molecule has 0 N–H and O–H groups in total. The van der Waals surface area contributed by atoms with Gasteiger partial charge >= 0.3 is 0 Å². The van der Waals surface area contributed by atoms with Crippen LogP contribution in [-0.2, 0) is 6.54 Å². The largest absolute Gasteiger partial charge is 0.318 e. The van der Waals surface area contributed by atoms with Crippen molar-refractivity contribution in [1.82, 2.24) is 14.5 Å².